The number of carbonyl (C=O) groups is 1. The molecule has 110 valence electrons. The van der Waals surface area contributed by atoms with E-state index in [-0.39, 0.29) is 5.91 Å². The number of methoxy groups -OCH3 is 1. The fourth-order valence-corrected chi connectivity index (χ4v) is 2.38. The predicted molar refractivity (Wildman–Crippen MR) is 86.3 cm³/mol. The minimum atomic E-state index is -0.312. The number of hydrogen-bond acceptors (Lipinski definition) is 3. The quantitative estimate of drug-likeness (QED) is 0.848. The topological polar surface area (TPSA) is 64.3 Å². The lowest BCUT2D eigenvalue weighted by atomic mass is 10.1. The first-order chi connectivity index (χ1) is 9.92. The van der Waals surface area contributed by atoms with Gasteiger partial charge in [-0.25, -0.2) is 0 Å². The van der Waals surface area contributed by atoms with Crippen molar-refractivity contribution in [2.45, 2.75) is 13.8 Å². The lowest BCUT2D eigenvalue weighted by Gasteiger charge is -2.14. The van der Waals surface area contributed by atoms with Gasteiger partial charge in [-0.05, 0) is 49.2 Å². The predicted octanol–water partition coefficient (Wildman–Crippen LogP) is 3.80. The van der Waals surface area contributed by atoms with Gasteiger partial charge in [-0.2, -0.15) is 0 Å². The number of hydrogen-bond donors (Lipinski definition) is 2. The van der Waals surface area contributed by atoms with Crippen molar-refractivity contribution in [3.05, 3.63) is 52.0 Å². The Labute approximate surface area is 128 Å². The van der Waals surface area contributed by atoms with Crippen LogP contribution in [0.2, 0.25) is 5.02 Å². The molecule has 0 bridgehead atoms. The SMILES string of the molecule is COc1ccc(Cl)cc1C(=O)Nc1c(C)cc(C)cc1N. The molecule has 0 fully saturated rings. The second-order valence-electron chi connectivity index (χ2n) is 4.84. The lowest BCUT2D eigenvalue weighted by Crippen LogP contribution is -2.15. The summed E-state index contributed by atoms with van der Waals surface area (Å²) in [5.74, 6) is 0.147. The maximum absolute atomic E-state index is 12.4. The summed E-state index contributed by atoms with van der Waals surface area (Å²) in [6.45, 7) is 3.85. The van der Waals surface area contributed by atoms with Gasteiger partial charge in [-0.15, -0.1) is 0 Å². The van der Waals surface area contributed by atoms with E-state index in [0.29, 0.717) is 27.7 Å². The Hall–Kier alpha value is -2.20. The van der Waals surface area contributed by atoms with Gasteiger partial charge in [-0.1, -0.05) is 17.7 Å². The molecule has 4 nitrogen and oxygen atoms in total. The number of nitrogen functional groups attached to an aromatic ring is 1. The van der Waals surface area contributed by atoms with E-state index in [9.17, 15) is 4.79 Å². The highest BCUT2D eigenvalue weighted by atomic mass is 35.5. The number of ether oxygens (including phenoxy) is 1. The molecule has 0 aliphatic rings. The van der Waals surface area contributed by atoms with Crippen LogP contribution in [0.3, 0.4) is 0 Å². The van der Waals surface area contributed by atoms with Crippen LogP contribution in [0.4, 0.5) is 11.4 Å². The molecule has 0 aliphatic heterocycles. The monoisotopic (exact) mass is 304 g/mol. The van der Waals surface area contributed by atoms with E-state index < -0.39 is 0 Å². The van der Waals surface area contributed by atoms with Gasteiger partial charge in [0, 0.05) is 5.02 Å². The normalized spacial score (nSPS) is 10.3. The van der Waals surface area contributed by atoms with Crippen molar-refractivity contribution >= 4 is 28.9 Å². The Morgan fingerprint density at radius 3 is 2.57 bits per heavy atom. The molecule has 0 radical (unpaired) electrons. The molecule has 5 heteroatoms. The van der Waals surface area contributed by atoms with Crippen LogP contribution in [0.25, 0.3) is 0 Å². The Morgan fingerprint density at radius 1 is 1.24 bits per heavy atom. The first-order valence-corrected chi connectivity index (χ1v) is 6.81. The third kappa shape index (κ3) is 3.28. The number of carbonyl (C=O) groups excluding carboxylic acids is 1. The van der Waals surface area contributed by atoms with Gasteiger partial charge in [0.05, 0.1) is 24.0 Å². The Kier molecular flexibility index (Phi) is 4.38. The third-order valence-electron chi connectivity index (χ3n) is 3.16. The maximum Gasteiger partial charge on any atom is 0.259 e. The summed E-state index contributed by atoms with van der Waals surface area (Å²) in [6, 6.07) is 8.67. The van der Waals surface area contributed by atoms with E-state index in [4.69, 9.17) is 22.1 Å². The van der Waals surface area contributed by atoms with E-state index >= 15 is 0 Å². The molecule has 21 heavy (non-hydrogen) atoms. The average Bonchev–Trinajstić information content (AvgIpc) is 2.42. The number of anilines is 2. The van der Waals surface area contributed by atoms with Gasteiger partial charge in [0.15, 0.2) is 0 Å². The van der Waals surface area contributed by atoms with Gasteiger partial charge in [0.25, 0.3) is 5.91 Å². The van der Waals surface area contributed by atoms with Gasteiger partial charge in [-0.3, -0.25) is 4.79 Å². The van der Waals surface area contributed by atoms with Crippen molar-refractivity contribution in [2.75, 3.05) is 18.2 Å². The summed E-state index contributed by atoms with van der Waals surface area (Å²) in [6.07, 6.45) is 0. The second kappa shape index (κ2) is 6.06. The van der Waals surface area contributed by atoms with Crippen molar-refractivity contribution in [3.63, 3.8) is 0 Å². The average molecular weight is 305 g/mol. The molecule has 0 saturated heterocycles. The van der Waals surface area contributed by atoms with E-state index in [1.807, 2.05) is 26.0 Å². The van der Waals surface area contributed by atoms with Gasteiger partial charge < -0.3 is 15.8 Å². The molecule has 0 aromatic heterocycles. The van der Waals surface area contributed by atoms with Gasteiger partial charge in [0.2, 0.25) is 0 Å². The van der Waals surface area contributed by atoms with Crippen LogP contribution in [0, 0.1) is 13.8 Å². The molecule has 0 saturated carbocycles. The Balaban J connectivity index is 2.37. The number of aryl methyl sites for hydroxylation is 2. The largest absolute Gasteiger partial charge is 0.496 e. The van der Waals surface area contributed by atoms with Crippen molar-refractivity contribution in [3.8, 4) is 5.75 Å². The summed E-state index contributed by atoms with van der Waals surface area (Å²) in [5, 5.41) is 3.29. The van der Waals surface area contributed by atoms with E-state index in [2.05, 4.69) is 5.32 Å². The van der Waals surface area contributed by atoms with Crippen molar-refractivity contribution < 1.29 is 9.53 Å². The van der Waals surface area contributed by atoms with Crippen LogP contribution >= 0.6 is 11.6 Å². The number of nitrogens with two attached hydrogens (primary N) is 1. The second-order valence-corrected chi connectivity index (χ2v) is 5.28. The van der Waals surface area contributed by atoms with Crippen LogP contribution < -0.4 is 15.8 Å². The first-order valence-electron chi connectivity index (χ1n) is 6.44. The van der Waals surface area contributed by atoms with Gasteiger partial charge >= 0.3 is 0 Å². The molecule has 0 unspecified atom stereocenters. The molecule has 2 rings (SSSR count). The van der Waals surface area contributed by atoms with Crippen LogP contribution in [-0.2, 0) is 0 Å². The summed E-state index contributed by atoms with van der Waals surface area (Å²) in [5.41, 5.74) is 9.43. The van der Waals surface area contributed by atoms with E-state index in [1.54, 1.807) is 18.2 Å². The first kappa shape index (κ1) is 15.2. The fraction of sp³-hybridized carbons (Fsp3) is 0.188. The van der Waals surface area contributed by atoms with E-state index in [0.717, 1.165) is 11.1 Å². The molecular formula is C16H17ClN2O2. The van der Waals surface area contributed by atoms with Crippen molar-refractivity contribution in [1.29, 1.82) is 0 Å². The zero-order chi connectivity index (χ0) is 15.6. The standard InChI is InChI=1S/C16H17ClN2O2/c1-9-6-10(2)15(13(18)7-9)19-16(20)12-8-11(17)4-5-14(12)21-3/h4-8H,18H2,1-3H3,(H,19,20). The molecule has 0 aliphatic carbocycles. The molecule has 0 heterocycles. The highest BCUT2D eigenvalue weighted by Crippen LogP contribution is 2.28. The highest BCUT2D eigenvalue weighted by molar-refractivity contribution is 6.31. The number of benzene rings is 2. The smallest absolute Gasteiger partial charge is 0.259 e. The summed E-state index contributed by atoms with van der Waals surface area (Å²) < 4.78 is 5.19. The Morgan fingerprint density at radius 2 is 1.95 bits per heavy atom. The van der Waals surface area contributed by atoms with Gasteiger partial charge in [0.1, 0.15) is 5.75 Å². The van der Waals surface area contributed by atoms with Crippen LogP contribution in [0.15, 0.2) is 30.3 Å². The Bertz CT molecular complexity index is 676. The zero-order valence-corrected chi connectivity index (χ0v) is 12.9. The number of amides is 1. The minimum absolute atomic E-state index is 0.312. The lowest BCUT2D eigenvalue weighted by molar-refractivity contribution is 0.102. The van der Waals surface area contributed by atoms with Crippen molar-refractivity contribution in [2.24, 2.45) is 0 Å². The number of nitrogens with one attached hydrogen (secondary N) is 1. The zero-order valence-electron chi connectivity index (χ0n) is 12.2. The number of rotatable bonds is 3. The van der Waals surface area contributed by atoms with Crippen LogP contribution in [0.5, 0.6) is 5.75 Å². The summed E-state index contributed by atoms with van der Waals surface area (Å²) in [4.78, 5) is 12.4. The van der Waals surface area contributed by atoms with Crippen LogP contribution in [0.1, 0.15) is 21.5 Å². The molecule has 1 amide bonds. The molecular weight excluding hydrogens is 288 g/mol. The maximum atomic E-state index is 12.4. The van der Waals surface area contributed by atoms with Crippen LogP contribution in [-0.4, -0.2) is 13.0 Å². The number of halogens is 1. The molecule has 0 atom stereocenters. The minimum Gasteiger partial charge on any atom is -0.496 e. The van der Waals surface area contributed by atoms with E-state index in [1.165, 1.54) is 7.11 Å². The molecule has 0 spiro atoms. The third-order valence-corrected chi connectivity index (χ3v) is 3.39. The molecule has 3 N–H and O–H groups in total. The van der Waals surface area contributed by atoms with Crippen molar-refractivity contribution in [1.82, 2.24) is 0 Å². The molecule has 2 aromatic rings. The summed E-state index contributed by atoms with van der Waals surface area (Å²) >= 11 is 5.94. The summed E-state index contributed by atoms with van der Waals surface area (Å²) in [7, 11) is 1.51. The fourth-order valence-electron chi connectivity index (χ4n) is 2.21. The highest BCUT2D eigenvalue weighted by Gasteiger charge is 2.15. The molecule has 2 aromatic carbocycles.